The highest BCUT2D eigenvalue weighted by molar-refractivity contribution is 5.91. The standard InChI is InChI=1S/C25H33N3O6.C2H6/c29-20-8-4-18(16-22(20)31)6-10-24(33)27-14-2-1-12-26-13-3-15-28-25(34)11-7-19-5-9-21(30)23(32)17-19;1-2/h4-5,7-9,11,16-17,26,29-32H,1-3,6,10,12-15H2,(H,27,33)(H,28,34);1-2H3/b11-7+;. The van der Waals surface area contributed by atoms with Gasteiger partial charge in [-0.1, -0.05) is 26.0 Å². The van der Waals surface area contributed by atoms with Gasteiger partial charge in [0, 0.05) is 25.6 Å². The van der Waals surface area contributed by atoms with Crippen LogP contribution in [0.15, 0.2) is 42.5 Å². The van der Waals surface area contributed by atoms with Crippen molar-refractivity contribution < 1.29 is 30.0 Å². The summed E-state index contributed by atoms with van der Waals surface area (Å²) in [5.74, 6) is -1.07. The molecule has 0 aromatic heterocycles. The van der Waals surface area contributed by atoms with Gasteiger partial charge < -0.3 is 36.4 Å². The van der Waals surface area contributed by atoms with E-state index in [0.29, 0.717) is 31.5 Å². The molecule has 2 amide bonds. The number of carbonyl (C=O) groups excluding carboxylic acids is 2. The molecule has 2 aromatic carbocycles. The molecule has 0 saturated heterocycles. The molecule has 198 valence electrons. The second-order valence-electron chi connectivity index (χ2n) is 7.86. The minimum atomic E-state index is -0.233. The summed E-state index contributed by atoms with van der Waals surface area (Å²) in [6.07, 6.45) is 6.30. The lowest BCUT2D eigenvalue weighted by Gasteiger charge is -2.07. The molecular weight excluding hydrogens is 462 g/mol. The van der Waals surface area contributed by atoms with Crippen LogP contribution in [0, 0.1) is 0 Å². The third kappa shape index (κ3) is 12.7. The van der Waals surface area contributed by atoms with E-state index in [1.54, 1.807) is 18.2 Å². The van der Waals surface area contributed by atoms with Gasteiger partial charge in [-0.2, -0.15) is 0 Å². The first-order chi connectivity index (χ1) is 17.3. The zero-order chi connectivity index (χ0) is 26.8. The third-order valence-corrected chi connectivity index (χ3v) is 5.04. The fourth-order valence-corrected chi connectivity index (χ4v) is 3.10. The van der Waals surface area contributed by atoms with Crippen molar-refractivity contribution in [3.05, 3.63) is 53.6 Å². The van der Waals surface area contributed by atoms with Crippen LogP contribution in [0.3, 0.4) is 0 Å². The van der Waals surface area contributed by atoms with Gasteiger partial charge in [-0.05, 0) is 80.2 Å². The van der Waals surface area contributed by atoms with E-state index in [0.717, 1.165) is 37.9 Å². The van der Waals surface area contributed by atoms with Crippen LogP contribution in [0.2, 0.25) is 0 Å². The summed E-state index contributed by atoms with van der Waals surface area (Å²) in [4.78, 5) is 23.7. The van der Waals surface area contributed by atoms with Crippen LogP contribution in [0.4, 0.5) is 0 Å². The summed E-state index contributed by atoms with van der Waals surface area (Å²) in [6.45, 7) is 6.72. The number of carbonyl (C=O) groups is 2. The quantitative estimate of drug-likeness (QED) is 0.119. The van der Waals surface area contributed by atoms with Gasteiger partial charge in [-0.3, -0.25) is 9.59 Å². The number of nitrogens with one attached hydrogen (secondary N) is 3. The minimum absolute atomic E-state index is 0.0486. The Kier molecular flexibility index (Phi) is 14.9. The van der Waals surface area contributed by atoms with Crippen LogP contribution in [0.25, 0.3) is 6.08 Å². The molecule has 0 atom stereocenters. The average molecular weight is 502 g/mol. The van der Waals surface area contributed by atoms with E-state index in [2.05, 4.69) is 16.0 Å². The molecule has 0 aliphatic rings. The molecule has 0 spiro atoms. The molecule has 9 nitrogen and oxygen atoms in total. The first-order valence-corrected chi connectivity index (χ1v) is 12.3. The van der Waals surface area contributed by atoms with Crippen LogP contribution in [-0.2, 0) is 16.0 Å². The molecule has 0 fully saturated rings. The van der Waals surface area contributed by atoms with Crippen molar-refractivity contribution in [2.45, 2.75) is 46.0 Å². The smallest absolute Gasteiger partial charge is 0.243 e. The van der Waals surface area contributed by atoms with E-state index in [1.165, 1.54) is 30.3 Å². The highest BCUT2D eigenvalue weighted by Crippen LogP contribution is 2.26. The largest absolute Gasteiger partial charge is 0.504 e. The summed E-state index contributed by atoms with van der Waals surface area (Å²) in [6, 6.07) is 8.88. The molecule has 2 aromatic rings. The van der Waals surface area contributed by atoms with Gasteiger partial charge in [-0.15, -0.1) is 0 Å². The number of unbranched alkanes of at least 4 members (excludes halogenated alkanes) is 1. The SMILES string of the molecule is CC.O=C(/C=C/c1ccc(O)c(O)c1)NCCCNCCCCNC(=O)CCc1ccc(O)c(O)c1. The Balaban J connectivity index is 0.00000316. The zero-order valence-electron chi connectivity index (χ0n) is 21.1. The summed E-state index contributed by atoms with van der Waals surface area (Å²) in [7, 11) is 0. The summed E-state index contributed by atoms with van der Waals surface area (Å²) >= 11 is 0. The van der Waals surface area contributed by atoms with Crippen molar-refractivity contribution in [2.75, 3.05) is 26.2 Å². The Morgan fingerprint density at radius 2 is 1.36 bits per heavy atom. The molecule has 0 aliphatic heterocycles. The number of hydrogen-bond donors (Lipinski definition) is 7. The second kappa shape index (κ2) is 17.7. The Morgan fingerprint density at radius 1 is 0.750 bits per heavy atom. The van der Waals surface area contributed by atoms with E-state index < -0.39 is 0 Å². The Morgan fingerprint density at radius 3 is 2.06 bits per heavy atom. The average Bonchev–Trinajstić information content (AvgIpc) is 2.87. The van der Waals surface area contributed by atoms with Crippen LogP contribution in [0.5, 0.6) is 23.0 Å². The van der Waals surface area contributed by atoms with Crippen molar-refractivity contribution in [1.29, 1.82) is 0 Å². The Labute approximate surface area is 212 Å². The zero-order valence-corrected chi connectivity index (χ0v) is 21.1. The highest BCUT2D eigenvalue weighted by atomic mass is 16.3. The number of aromatic hydroxyl groups is 4. The topological polar surface area (TPSA) is 151 Å². The summed E-state index contributed by atoms with van der Waals surface area (Å²) in [5, 5.41) is 46.4. The lowest BCUT2D eigenvalue weighted by atomic mass is 10.1. The van der Waals surface area contributed by atoms with Crippen LogP contribution < -0.4 is 16.0 Å². The van der Waals surface area contributed by atoms with Crippen molar-refractivity contribution in [1.82, 2.24) is 16.0 Å². The predicted molar refractivity (Wildman–Crippen MR) is 141 cm³/mol. The molecule has 0 radical (unpaired) electrons. The Bertz CT molecular complexity index is 978. The molecule has 0 saturated carbocycles. The number of aryl methyl sites for hydroxylation is 1. The van der Waals surface area contributed by atoms with Gasteiger partial charge in [-0.25, -0.2) is 0 Å². The fourth-order valence-electron chi connectivity index (χ4n) is 3.10. The van der Waals surface area contributed by atoms with Gasteiger partial charge in [0.2, 0.25) is 11.8 Å². The first-order valence-electron chi connectivity index (χ1n) is 12.3. The third-order valence-electron chi connectivity index (χ3n) is 5.04. The van der Waals surface area contributed by atoms with E-state index >= 15 is 0 Å². The normalized spacial score (nSPS) is 10.5. The molecule has 0 unspecified atom stereocenters. The van der Waals surface area contributed by atoms with Gasteiger partial charge in [0.25, 0.3) is 0 Å². The van der Waals surface area contributed by atoms with Crippen molar-refractivity contribution in [3.63, 3.8) is 0 Å². The van der Waals surface area contributed by atoms with Gasteiger partial charge >= 0.3 is 0 Å². The maximum absolute atomic E-state index is 11.9. The van der Waals surface area contributed by atoms with E-state index in [-0.39, 0.29) is 34.8 Å². The van der Waals surface area contributed by atoms with Crippen molar-refractivity contribution in [2.24, 2.45) is 0 Å². The number of benzene rings is 2. The lowest BCUT2D eigenvalue weighted by molar-refractivity contribution is -0.121. The Hall–Kier alpha value is -3.72. The van der Waals surface area contributed by atoms with E-state index in [9.17, 15) is 30.0 Å². The molecule has 9 heteroatoms. The fraction of sp³-hybridized carbons (Fsp3) is 0.407. The molecule has 0 bridgehead atoms. The molecule has 2 rings (SSSR count). The molecule has 7 N–H and O–H groups in total. The van der Waals surface area contributed by atoms with Gasteiger partial charge in [0.1, 0.15) is 0 Å². The predicted octanol–water partition coefficient (Wildman–Crippen LogP) is 3.17. The second-order valence-corrected chi connectivity index (χ2v) is 7.86. The van der Waals surface area contributed by atoms with Gasteiger partial charge in [0.15, 0.2) is 23.0 Å². The minimum Gasteiger partial charge on any atom is -0.504 e. The highest BCUT2D eigenvalue weighted by Gasteiger charge is 2.05. The molecule has 0 heterocycles. The van der Waals surface area contributed by atoms with Gasteiger partial charge in [0.05, 0.1) is 0 Å². The lowest BCUT2D eigenvalue weighted by Crippen LogP contribution is -2.27. The van der Waals surface area contributed by atoms with Crippen LogP contribution in [0.1, 0.15) is 50.7 Å². The monoisotopic (exact) mass is 501 g/mol. The van der Waals surface area contributed by atoms with E-state index in [4.69, 9.17) is 0 Å². The number of rotatable bonds is 14. The number of hydrogen-bond acceptors (Lipinski definition) is 7. The van der Waals surface area contributed by atoms with E-state index in [1.807, 2.05) is 13.8 Å². The van der Waals surface area contributed by atoms with Crippen molar-refractivity contribution in [3.8, 4) is 23.0 Å². The molecule has 36 heavy (non-hydrogen) atoms. The summed E-state index contributed by atoms with van der Waals surface area (Å²) < 4.78 is 0. The van der Waals surface area contributed by atoms with Crippen molar-refractivity contribution >= 4 is 17.9 Å². The molecule has 0 aliphatic carbocycles. The maximum atomic E-state index is 11.9. The number of phenols is 4. The van der Waals surface area contributed by atoms with Crippen LogP contribution >= 0.6 is 0 Å². The number of amides is 2. The first kappa shape index (κ1) is 30.3. The maximum Gasteiger partial charge on any atom is 0.243 e. The number of phenolic OH excluding ortho intramolecular Hbond substituents is 4. The van der Waals surface area contributed by atoms with Crippen LogP contribution in [-0.4, -0.2) is 58.4 Å². The molecular formula is C27H39N3O6. The summed E-state index contributed by atoms with van der Waals surface area (Å²) in [5.41, 5.74) is 1.40.